The third-order valence-electron chi connectivity index (χ3n) is 9.12. The van der Waals surface area contributed by atoms with Crippen LogP contribution in [0.2, 0.25) is 0 Å². The molecule has 262 valence electrons. The fraction of sp³-hybridized carbons (Fsp3) is 0.353. The molecule has 2 aliphatic rings. The summed E-state index contributed by atoms with van der Waals surface area (Å²) < 4.78 is 95.3. The number of para-hydroxylation sites is 1. The lowest BCUT2D eigenvalue weighted by Gasteiger charge is -2.47. The Morgan fingerprint density at radius 1 is 0.837 bits per heavy atom. The summed E-state index contributed by atoms with van der Waals surface area (Å²) in [6, 6.07) is 13.8. The maximum Gasteiger partial charge on any atom is 0.416 e. The quantitative estimate of drug-likeness (QED) is 0.176. The number of nitrogens with one attached hydrogen (secondary N) is 1. The van der Waals surface area contributed by atoms with E-state index in [9.17, 15) is 40.3 Å². The predicted octanol–water partition coefficient (Wildman–Crippen LogP) is 6.48. The van der Waals surface area contributed by atoms with E-state index in [0.29, 0.717) is 38.3 Å². The molecule has 2 fully saturated rings. The monoisotopic (exact) mass is 711 g/mol. The zero-order valence-corrected chi connectivity index (χ0v) is 26.8. The highest BCUT2D eigenvalue weighted by Gasteiger charge is 2.40. The highest BCUT2D eigenvalue weighted by Crippen LogP contribution is 2.37. The van der Waals surface area contributed by atoms with E-state index >= 15 is 0 Å². The van der Waals surface area contributed by atoms with Crippen LogP contribution in [0.3, 0.4) is 0 Å². The van der Waals surface area contributed by atoms with Gasteiger partial charge in [0.25, 0.3) is 5.91 Å². The predicted molar refractivity (Wildman–Crippen MR) is 172 cm³/mol. The first-order valence-corrected chi connectivity index (χ1v) is 15.4. The third kappa shape index (κ3) is 7.86. The average Bonchev–Trinajstić information content (AvgIpc) is 3.47. The van der Waals surface area contributed by atoms with Crippen LogP contribution in [-0.2, 0) is 23.6 Å². The number of piperazine rings is 2. The first-order valence-electron chi connectivity index (χ1n) is 15.4. The van der Waals surface area contributed by atoms with Gasteiger partial charge in [-0.25, -0.2) is 4.39 Å². The number of anilines is 1. The minimum absolute atomic E-state index is 0. The van der Waals surface area contributed by atoms with Crippen molar-refractivity contribution in [3.8, 4) is 0 Å². The van der Waals surface area contributed by atoms with Crippen molar-refractivity contribution in [2.45, 2.75) is 31.0 Å². The van der Waals surface area contributed by atoms with Crippen LogP contribution in [0.1, 0.15) is 27.0 Å². The minimum Gasteiger partial charge on any atom is -0.369 e. The summed E-state index contributed by atoms with van der Waals surface area (Å²) in [4.78, 5) is 36.9. The van der Waals surface area contributed by atoms with Gasteiger partial charge in [0.1, 0.15) is 12.0 Å². The number of alkyl halides is 6. The number of carbonyl (C=O) groups excluding carboxylic acids is 2. The van der Waals surface area contributed by atoms with Gasteiger partial charge < -0.3 is 19.6 Å². The second-order valence-corrected chi connectivity index (χ2v) is 12.1. The zero-order valence-electron chi connectivity index (χ0n) is 26.0. The minimum atomic E-state index is -5.10. The number of aromatic nitrogens is 1. The number of halogens is 8. The van der Waals surface area contributed by atoms with Crippen molar-refractivity contribution in [3.63, 3.8) is 0 Å². The molecule has 6 rings (SSSR count). The SMILES string of the molecule is Cl.O=CC(N1CCN(c2ccc(F)cc2)CC1)N1CCN(C(=O)c2cc(C(F)(F)F)cc(C(F)(F)F)c2)[C@H](Cc2c[nH]c3ccccc23)C1. The standard InChI is InChI=1S/C34H32F7N5O2.ClH/c35-26-5-7-27(8-6-26)43-9-11-44(12-10-43)31(21-47)45-13-14-46(28(20-45)17-23-19-42-30-4-2-1-3-29(23)30)32(48)22-15-24(33(36,37)38)18-25(16-22)34(39,40)41;/h1-8,15-16,18-19,21,28,31,42H,9-14,17,20H2;1H/t28-,31?;/m1./s1. The molecule has 0 spiro atoms. The molecule has 0 saturated carbocycles. The van der Waals surface area contributed by atoms with Crippen LogP contribution in [0, 0.1) is 5.82 Å². The van der Waals surface area contributed by atoms with E-state index in [2.05, 4.69) is 9.88 Å². The molecule has 49 heavy (non-hydrogen) atoms. The van der Waals surface area contributed by atoms with Crippen LogP contribution in [0.25, 0.3) is 10.9 Å². The average molecular weight is 712 g/mol. The van der Waals surface area contributed by atoms with Crippen molar-refractivity contribution in [2.75, 3.05) is 50.7 Å². The first kappa shape index (κ1) is 36.1. The van der Waals surface area contributed by atoms with E-state index in [1.807, 2.05) is 34.1 Å². The van der Waals surface area contributed by atoms with Crippen molar-refractivity contribution >= 4 is 41.2 Å². The van der Waals surface area contributed by atoms with Gasteiger partial charge >= 0.3 is 12.4 Å². The van der Waals surface area contributed by atoms with E-state index in [-0.39, 0.29) is 50.3 Å². The highest BCUT2D eigenvalue weighted by molar-refractivity contribution is 5.95. The Morgan fingerprint density at radius 3 is 2.06 bits per heavy atom. The molecule has 0 aliphatic carbocycles. The number of fused-ring (bicyclic) bond motifs is 1. The molecule has 2 saturated heterocycles. The molecule has 1 unspecified atom stereocenters. The number of aromatic amines is 1. The van der Waals surface area contributed by atoms with Gasteiger partial charge in [0, 0.05) is 80.2 Å². The van der Waals surface area contributed by atoms with Gasteiger partial charge in [0.05, 0.1) is 11.1 Å². The molecular formula is C34H33ClF7N5O2. The van der Waals surface area contributed by atoms with E-state index in [1.54, 1.807) is 18.3 Å². The van der Waals surface area contributed by atoms with Crippen LogP contribution < -0.4 is 4.90 Å². The van der Waals surface area contributed by atoms with Crippen molar-refractivity contribution in [2.24, 2.45) is 0 Å². The van der Waals surface area contributed by atoms with Crippen molar-refractivity contribution < 1.29 is 40.3 Å². The van der Waals surface area contributed by atoms with Gasteiger partial charge in [0.2, 0.25) is 0 Å². The highest BCUT2D eigenvalue weighted by atomic mass is 35.5. The molecule has 15 heteroatoms. The summed E-state index contributed by atoms with van der Waals surface area (Å²) >= 11 is 0. The van der Waals surface area contributed by atoms with Gasteiger partial charge in [-0.05, 0) is 60.5 Å². The molecule has 3 heterocycles. The lowest BCUT2D eigenvalue weighted by atomic mass is 9.98. The molecule has 0 bridgehead atoms. The summed E-state index contributed by atoms with van der Waals surface area (Å²) in [6.45, 7) is 2.47. The number of hydrogen-bond donors (Lipinski definition) is 1. The maximum absolute atomic E-state index is 13.9. The van der Waals surface area contributed by atoms with Crippen LogP contribution >= 0.6 is 12.4 Å². The molecule has 1 aromatic heterocycles. The summed E-state index contributed by atoms with van der Waals surface area (Å²) in [5, 5.41) is 0.865. The lowest BCUT2D eigenvalue weighted by molar-refractivity contribution is -0.143. The van der Waals surface area contributed by atoms with Gasteiger partial charge in [-0.2, -0.15) is 26.3 Å². The van der Waals surface area contributed by atoms with E-state index < -0.39 is 47.2 Å². The second-order valence-electron chi connectivity index (χ2n) is 12.1. The molecule has 2 aliphatic heterocycles. The molecular weight excluding hydrogens is 679 g/mol. The van der Waals surface area contributed by atoms with Gasteiger partial charge in [-0.1, -0.05) is 18.2 Å². The van der Waals surface area contributed by atoms with E-state index in [1.165, 1.54) is 17.0 Å². The number of H-pyrrole nitrogens is 1. The Kier molecular flexibility index (Phi) is 10.6. The fourth-order valence-electron chi connectivity index (χ4n) is 6.66. The van der Waals surface area contributed by atoms with Crippen LogP contribution in [0.5, 0.6) is 0 Å². The molecule has 2 atom stereocenters. The van der Waals surface area contributed by atoms with E-state index in [0.717, 1.165) is 28.4 Å². The number of hydrogen-bond acceptors (Lipinski definition) is 5. The Balaban J connectivity index is 0.00000468. The van der Waals surface area contributed by atoms with Crippen LogP contribution in [0.4, 0.5) is 36.4 Å². The number of amides is 1. The van der Waals surface area contributed by atoms with Crippen molar-refractivity contribution in [1.82, 2.24) is 19.7 Å². The van der Waals surface area contributed by atoms with Crippen molar-refractivity contribution in [3.05, 3.63) is 101 Å². The topological polar surface area (TPSA) is 62.9 Å². The Labute approximate surface area is 283 Å². The normalized spacial score (nSPS) is 18.7. The maximum atomic E-state index is 13.9. The fourth-order valence-corrected chi connectivity index (χ4v) is 6.66. The summed E-state index contributed by atoms with van der Waals surface area (Å²) in [5.74, 6) is -1.29. The lowest BCUT2D eigenvalue weighted by Crippen LogP contribution is -2.63. The molecule has 4 aromatic rings. The number of carbonyl (C=O) groups is 2. The molecule has 1 amide bonds. The first-order chi connectivity index (χ1) is 22.8. The van der Waals surface area contributed by atoms with Crippen LogP contribution in [0.15, 0.2) is 72.9 Å². The zero-order chi connectivity index (χ0) is 34.2. The number of nitrogens with zero attached hydrogens (tertiary/aromatic N) is 4. The number of aldehydes is 1. The molecule has 1 N–H and O–H groups in total. The Morgan fingerprint density at radius 2 is 1.45 bits per heavy atom. The smallest absolute Gasteiger partial charge is 0.369 e. The van der Waals surface area contributed by atoms with Crippen LogP contribution in [-0.4, -0.2) is 89.9 Å². The van der Waals surface area contributed by atoms with Gasteiger partial charge in [-0.15, -0.1) is 12.4 Å². The van der Waals surface area contributed by atoms with Gasteiger partial charge in [0.15, 0.2) is 6.29 Å². The third-order valence-corrected chi connectivity index (χ3v) is 9.12. The number of rotatable bonds is 7. The van der Waals surface area contributed by atoms with Crippen molar-refractivity contribution in [1.29, 1.82) is 0 Å². The summed E-state index contributed by atoms with van der Waals surface area (Å²) in [5.41, 5.74) is -1.34. The molecule has 3 aromatic carbocycles. The number of benzene rings is 3. The Hall–Kier alpha value is -4.14. The molecule has 7 nitrogen and oxygen atoms in total. The Bertz CT molecular complexity index is 1740. The second kappa shape index (κ2) is 14.4. The van der Waals surface area contributed by atoms with Gasteiger partial charge in [-0.3, -0.25) is 14.6 Å². The summed E-state index contributed by atoms with van der Waals surface area (Å²) in [7, 11) is 0. The summed E-state index contributed by atoms with van der Waals surface area (Å²) in [6.07, 6.45) is -8.05. The van der Waals surface area contributed by atoms with E-state index in [4.69, 9.17) is 0 Å². The largest absolute Gasteiger partial charge is 0.416 e. The molecule has 0 radical (unpaired) electrons.